The number of hydrogen-bond acceptors (Lipinski definition) is 2. The van der Waals surface area contributed by atoms with E-state index in [2.05, 4.69) is 34.3 Å². The quantitative estimate of drug-likeness (QED) is 0.377. The Morgan fingerprint density at radius 3 is 1.75 bits per heavy atom. The third kappa shape index (κ3) is 22.6. The average molecular weight is 191 g/mol. The van der Waals surface area contributed by atoms with E-state index in [-0.39, 0.29) is 0 Å². The molecule has 0 rings (SSSR count). The summed E-state index contributed by atoms with van der Waals surface area (Å²) in [4.78, 5) is 9.32. The van der Waals surface area contributed by atoms with Crippen molar-refractivity contribution < 1.29 is 13.9 Å². The van der Waals surface area contributed by atoms with E-state index < -0.39 is 8.03 Å². The van der Waals surface area contributed by atoms with Gasteiger partial charge in [-0.3, -0.25) is 0 Å². The van der Waals surface area contributed by atoms with Crippen LogP contribution in [0.1, 0.15) is 0 Å². The van der Waals surface area contributed by atoms with Gasteiger partial charge in [0.05, 0.1) is 27.7 Å². The van der Waals surface area contributed by atoms with Crippen LogP contribution in [0, 0.1) is 0 Å². The van der Waals surface area contributed by atoms with Gasteiger partial charge in [0, 0.05) is 8.03 Å². The number of rotatable bonds is 3. The third-order valence-corrected chi connectivity index (χ3v) is 1.18. The lowest BCUT2D eigenvalue weighted by Gasteiger charge is -2.21. The van der Waals surface area contributed by atoms with Gasteiger partial charge in [0.1, 0.15) is 0 Å². The molecule has 4 heteroatoms. The summed E-state index contributed by atoms with van der Waals surface area (Å²) in [6.07, 6.45) is 1.93. The molecular weight excluding hydrogens is 173 g/mol. The number of likely N-dealkylation sites (N-methyl/N-ethyl adjacent to an activating group) is 1. The largest absolute Gasteiger partial charge is 0.799 e. The van der Waals surface area contributed by atoms with Gasteiger partial charge in [-0.25, -0.2) is 0 Å². The van der Waals surface area contributed by atoms with Crippen LogP contribution >= 0.6 is 8.03 Å². The van der Waals surface area contributed by atoms with Gasteiger partial charge in [-0.15, -0.1) is 0 Å². The van der Waals surface area contributed by atoms with Crippen LogP contribution in [0.15, 0.2) is 25.1 Å². The third-order valence-electron chi connectivity index (χ3n) is 0.843. The molecule has 0 saturated carbocycles. The van der Waals surface area contributed by atoms with E-state index in [0.29, 0.717) is 0 Å². The molecule has 0 aromatic rings. The van der Waals surface area contributed by atoms with Gasteiger partial charge in [0.2, 0.25) is 0 Å². The van der Waals surface area contributed by atoms with Gasteiger partial charge in [-0.1, -0.05) is 13.2 Å². The molecule has 0 aromatic heterocycles. The molecule has 12 heavy (non-hydrogen) atoms. The van der Waals surface area contributed by atoms with E-state index in [1.165, 1.54) is 0 Å². The summed E-state index contributed by atoms with van der Waals surface area (Å²) in [5.41, 5.74) is 0. The van der Waals surface area contributed by atoms with Gasteiger partial charge in [0.15, 0.2) is 0 Å². The second-order valence-electron chi connectivity index (χ2n) is 3.28. The van der Waals surface area contributed by atoms with Gasteiger partial charge < -0.3 is 13.9 Å². The van der Waals surface area contributed by atoms with Gasteiger partial charge in [-0.2, -0.15) is 0 Å². The lowest BCUT2D eigenvalue weighted by Crippen LogP contribution is -2.33. The number of quaternary nitrogens is 1. The lowest BCUT2D eigenvalue weighted by atomic mass is 10.5. The molecule has 0 fully saturated rings. The molecule has 0 saturated heterocycles. The minimum absolute atomic E-state index is 0.907. The van der Waals surface area contributed by atoms with Crippen molar-refractivity contribution in [2.75, 3.05) is 27.7 Å². The van der Waals surface area contributed by atoms with Gasteiger partial charge >= 0.3 is 0 Å². The molecule has 0 aliphatic rings. The Labute approximate surface area is 75.5 Å². The summed E-state index contributed by atoms with van der Waals surface area (Å²) in [6, 6.07) is 0. The molecule has 1 atom stereocenters. The van der Waals surface area contributed by atoms with Crippen molar-refractivity contribution in [1.29, 1.82) is 0 Å². The molecule has 3 nitrogen and oxygen atoms in total. The van der Waals surface area contributed by atoms with Crippen LogP contribution in [0.3, 0.4) is 0 Å². The molecule has 0 N–H and O–H groups in total. The van der Waals surface area contributed by atoms with Gasteiger partial charge in [0.25, 0.3) is 0 Å². The molecule has 0 bridgehead atoms. The first-order chi connectivity index (χ1) is 5.33. The second kappa shape index (κ2) is 7.29. The predicted octanol–water partition coefficient (Wildman–Crippen LogP) is 0.843. The van der Waals surface area contributed by atoms with Crippen molar-refractivity contribution in [2.24, 2.45) is 0 Å². The highest BCUT2D eigenvalue weighted by atomic mass is 31.1. The SMILES string of the molecule is C=CC[N+](C)(C)C.C=C[PH](=O)[O-]. The molecule has 0 aliphatic heterocycles. The Hall–Kier alpha value is -0.370. The zero-order valence-electron chi connectivity index (χ0n) is 8.04. The Kier molecular flexibility index (Phi) is 8.61. The van der Waals surface area contributed by atoms with E-state index in [1.807, 2.05) is 6.08 Å². The molecule has 0 heterocycles. The molecule has 0 radical (unpaired) electrons. The summed E-state index contributed by atoms with van der Waals surface area (Å²) >= 11 is 0. The van der Waals surface area contributed by atoms with E-state index in [0.717, 1.165) is 16.8 Å². The second-order valence-corrected chi connectivity index (χ2v) is 4.33. The number of nitrogens with zero attached hydrogens (tertiary/aromatic N) is 1. The molecule has 1 unspecified atom stereocenters. The fourth-order valence-electron chi connectivity index (χ4n) is 0.387. The Morgan fingerprint density at radius 2 is 1.75 bits per heavy atom. The first-order valence-corrected chi connectivity index (χ1v) is 4.97. The van der Waals surface area contributed by atoms with E-state index in [1.54, 1.807) is 0 Å². The highest BCUT2D eigenvalue weighted by Crippen LogP contribution is 2.03. The molecule has 0 aromatic carbocycles. The Bertz CT molecular complexity index is 161. The predicted molar refractivity (Wildman–Crippen MR) is 52.3 cm³/mol. The maximum absolute atomic E-state index is 9.32. The minimum atomic E-state index is -2.61. The molecule has 72 valence electrons. The van der Waals surface area contributed by atoms with Crippen LogP contribution in [0.4, 0.5) is 0 Å². The van der Waals surface area contributed by atoms with Crippen molar-refractivity contribution >= 4 is 8.03 Å². The number of hydrogen-bond donors (Lipinski definition) is 0. The zero-order valence-corrected chi connectivity index (χ0v) is 9.04. The van der Waals surface area contributed by atoms with Crippen molar-refractivity contribution in [3.05, 3.63) is 25.1 Å². The van der Waals surface area contributed by atoms with Gasteiger partial charge in [-0.05, 0) is 11.9 Å². The van der Waals surface area contributed by atoms with Crippen LogP contribution in [0.2, 0.25) is 0 Å². The minimum Gasteiger partial charge on any atom is -0.799 e. The smallest absolute Gasteiger partial charge is 0.0964 e. The first-order valence-electron chi connectivity index (χ1n) is 3.58. The van der Waals surface area contributed by atoms with Crippen molar-refractivity contribution in [2.45, 2.75) is 0 Å². The fourth-order valence-corrected chi connectivity index (χ4v) is 0.387. The molecular formula is C8H18NO2P. The summed E-state index contributed by atoms with van der Waals surface area (Å²) < 4.78 is 10.3. The monoisotopic (exact) mass is 191 g/mol. The maximum Gasteiger partial charge on any atom is 0.0964 e. The van der Waals surface area contributed by atoms with E-state index in [4.69, 9.17) is 0 Å². The Morgan fingerprint density at radius 1 is 1.42 bits per heavy atom. The normalized spacial score (nSPS) is 12.3. The van der Waals surface area contributed by atoms with Crippen LogP contribution in [-0.2, 0) is 4.57 Å². The van der Waals surface area contributed by atoms with Crippen molar-refractivity contribution in [1.82, 2.24) is 0 Å². The molecule has 0 aliphatic carbocycles. The van der Waals surface area contributed by atoms with E-state index >= 15 is 0 Å². The molecule has 0 amide bonds. The highest BCUT2D eigenvalue weighted by molar-refractivity contribution is 7.40. The summed E-state index contributed by atoms with van der Waals surface area (Å²) in [5.74, 6) is 0.907. The molecule has 0 spiro atoms. The summed E-state index contributed by atoms with van der Waals surface area (Å²) in [7, 11) is 3.81. The fraction of sp³-hybridized carbons (Fsp3) is 0.500. The maximum atomic E-state index is 9.32. The lowest BCUT2D eigenvalue weighted by molar-refractivity contribution is -0.864. The van der Waals surface area contributed by atoms with Crippen molar-refractivity contribution in [3.8, 4) is 0 Å². The Balaban J connectivity index is 0. The van der Waals surface area contributed by atoms with Crippen LogP contribution < -0.4 is 4.89 Å². The van der Waals surface area contributed by atoms with Crippen LogP contribution in [0.25, 0.3) is 0 Å². The topological polar surface area (TPSA) is 40.1 Å². The average Bonchev–Trinajstić information content (AvgIpc) is 1.86. The van der Waals surface area contributed by atoms with Crippen LogP contribution in [0.5, 0.6) is 0 Å². The zero-order chi connectivity index (χ0) is 10.2. The summed E-state index contributed by atoms with van der Waals surface area (Å²) in [6.45, 7) is 7.65. The van der Waals surface area contributed by atoms with Crippen LogP contribution in [-0.4, -0.2) is 32.2 Å². The highest BCUT2D eigenvalue weighted by Gasteiger charge is 1.99. The summed E-state index contributed by atoms with van der Waals surface area (Å²) in [5, 5.41) is 0. The standard InChI is InChI=1S/C6H14N.C2H5O2P/c1-5-6-7(2,3)4;1-2-5(3)4/h5H,1,6H2,2-4H3;2,5H,1H2,(H,3,4)/q+1;/p-1. The van der Waals surface area contributed by atoms with E-state index in [9.17, 15) is 9.46 Å². The van der Waals surface area contributed by atoms with Crippen molar-refractivity contribution in [3.63, 3.8) is 0 Å². The first kappa shape index (κ1) is 14.2.